The number of imidazole rings is 1. The fourth-order valence-electron chi connectivity index (χ4n) is 2.15. The lowest BCUT2D eigenvalue weighted by molar-refractivity contribution is 0.552. The second-order valence-corrected chi connectivity index (χ2v) is 6.58. The number of hydrogen-bond donors (Lipinski definition) is 1. The molecular formula is C15H14FN5O2S. The molecule has 2 aromatic heterocycles. The van der Waals surface area contributed by atoms with Crippen LogP contribution in [0.3, 0.4) is 0 Å². The van der Waals surface area contributed by atoms with Crippen molar-refractivity contribution in [2.75, 3.05) is 6.54 Å². The number of sulfonamides is 1. The van der Waals surface area contributed by atoms with Gasteiger partial charge < -0.3 is 4.57 Å². The molecule has 0 bridgehead atoms. The van der Waals surface area contributed by atoms with E-state index in [1.54, 1.807) is 35.4 Å². The largest absolute Gasteiger partial charge is 0.327 e. The zero-order valence-corrected chi connectivity index (χ0v) is 13.3. The minimum atomic E-state index is -3.91. The monoisotopic (exact) mass is 347 g/mol. The van der Waals surface area contributed by atoms with Gasteiger partial charge in [0.25, 0.3) is 0 Å². The van der Waals surface area contributed by atoms with E-state index in [1.807, 2.05) is 0 Å². The number of rotatable bonds is 6. The Morgan fingerprint density at radius 1 is 1.04 bits per heavy atom. The van der Waals surface area contributed by atoms with Crippen LogP contribution < -0.4 is 4.72 Å². The second kappa shape index (κ2) is 6.85. The molecule has 0 unspecified atom stereocenters. The normalized spacial score (nSPS) is 11.5. The van der Waals surface area contributed by atoms with Crippen LogP contribution in [0.1, 0.15) is 0 Å². The van der Waals surface area contributed by atoms with Crippen LogP contribution in [0.25, 0.3) is 11.6 Å². The van der Waals surface area contributed by atoms with Crippen LogP contribution in [0.5, 0.6) is 0 Å². The summed E-state index contributed by atoms with van der Waals surface area (Å²) in [6.45, 7) is 0.383. The van der Waals surface area contributed by atoms with E-state index in [0.29, 0.717) is 18.2 Å². The summed E-state index contributed by atoms with van der Waals surface area (Å²) in [5.74, 6) is 0.186. The Balaban J connectivity index is 1.70. The molecule has 0 amide bonds. The van der Waals surface area contributed by atoms with Gasteiger partial charge in [0.05, 0.1) is 0 Å². The third kappa shape index (κ3) is 3.47. The maximum atomic E-state index is 13.6. The molecule has 0 aliphatic carbocycles. The third-order valence-electron chi connectivity index (χ3n) is 3.25. The first kappa shape index (κ1) is 16.2. The molecule has 3 rings (SSSR count). The van der Waals surface area contributed by atoms with E-state index in [-0.39, 0.29) is 11.4 Å². The van der Waals surface area contributed by atoms with Gasteiger partial charge in [0.15, 0.2) is 11.6 Å². The topological polar surface area (TPSA) is 89.8 Å². The van der Waals surface area contributed by atoms with Crippen molar-refractivity contribution in [3.8, 4) is 11.6 Å². The highest BCUT2D eigenvalue weighted by atomic mass is 32.2. The molecule has 2 heterocycles. The number of halogens is 1. The zero-order chi connectivity index (χ0) is 17.0. The average molecular weight is 347 g/mol. The SMILES string of the molecule is O=S(=O)(NCCn1ccnc1-c1ncccn1)c1ccccc1F. The van der Waals surface area contributed by atoms with Gasteiger partial charge in [-0.15, -0.1) is 0 Å². The van der Waals surface area contributed by atoms with Crippen molar-refractivity contribution in [1.82, 2.24) is 24.2 Å². The van der Waals surface area contributed by atoms with Gasteiger partial charge in [-0.3, -0.25) is 0 Å². The Morgan fingerprint density at radius 2 is 1.79 bits per heavy atom. The predicted molar refractivity (Wildman–Crippen MR) is 84.8 cm³/mol. The van der Waals surface area contributed by atoms with Crippen LogP contribution in [0.2, 0.25) is 0 Å². The molecule has 3 aromatic rings. The molecule has 9 heteroatoms. The molecule has 7 nitrogen and oxygen atoms in total. The van der Waals surface area contributed by atoms with Gasteiger partial charge in [-0.25, -0.2) is 32.5 Å². The quantitative estimate of drug-likeness (QED) is 0.729. The standard InChI is InChI=1S/C15H14FN5O2S/c16-12-4-1-2-5-13(12)24(22,23)20-9-11-21-10-8-19-15(21)14-17-6-3-7-18-14/h1-8,10,20H,9,11H2. The first-order valence-corrected chi connectivity index (χ1v) is 8.59. The number of nitrogens with zero attached hydrogens (tertiary/aromatic N) is 4. The Labute approximate surface area is 138 Å². The highest BCUT2D eigenvalue weighted by Crippen LogP contribution is 2.14. The summed E-state index contributed by atoms with van der Waals surface area (Å²) in [6, 6.07) is 6.93. The van der Waals surface area contributed by atoms with E-state index in [1.165, 1.54) is 18.2 Å². The molecular weight excluding hydrogens is 333 g/mol. The summed E-state index contributed by atoms with van der Waals surface area (Å²) in [7, 11) is -3.91. The fraction of sp³-hybridized carbons (Fsp3) is 0.133. The zero-order valence-electron chi connectivity index (χ0n) is 12.5. The van der Waals surface area contributed by atoms with Crippen LogP contribution in [0, 0.1) is 5.82 Å². The van der Waals surface area contributed by atoms with Gasteiger partial charge in [0.2, 0.25) is 10.0 Å². The Morgan fingerprint density at radius 3 is 2.54 bits per heavy atom. The molecule has 1 aromatic carbocycles. The molecule has 0 fully saturated rings. The van der Waals surface area contributed by atoms with Gasteiger partial charge in [-0.05, 0) is 18.2 Å². The first-order chi connectivity index (χ1) is 11.6. The van der Waals surface area contributed by atoms with E-state index in [0.717, 1.165) is 6.07 Å². The second-order valence-electron chi connectivity index (χ2n) is 4.84. The highest BCUT2D eigenvalue weighted by molar-refractivity contribution is 7.89. The molecule has 0 radical (unpaired) electrons. The molecule has 0 aliphatic rings. The van der Waals surface area contributed by atoms with E-state index >= 15 is 0 Å². The van der Waals surface area contributed by atoms with Gasteiger partial charge in [0.1, 0.15) is 10.7 Å². The summed E-state index contributed by atoms with van der Waals surface area (Å²) in [6.07, 6.45) is 6.48. The molecule has 0 saturated heterocycles. The van der Waals surface area contributed by atoms with Crippen molar-refractivity contribution >= 4 is 10.0 Å². The molecule has 1 N–H and O–H groups in total. The van der Waals surface area contributed by atoms with E-state index in [4.69, 9.17) is 0 Å². The summed E-state index contributed by atoms with van der Waals surface area (Å²) in [4.78, 5) is 12.0. The lowest BCUT2D eigenvalue weighted by Crippen LogP contribution is -2.28. The number of benzene rings is 1. The van der Waals surface area contributed by atoms with Crippen LogP contribution in [-0.4, -0.2) is 34.5 Å². The first-order valence-electron chi connectivity index (χ1n) is 7.10. The van der Waals surface area contributed by atoms with Crippen molar-refractivity contribution < 1.29 is 12.8 Å². The molecule has 0 atom stereocenters. The van der Waals surface area contributed by atoms with Crippen molar-refractivity contribution in [2.24, 2.45) is 0 Å². The number of hydrogen-bond acceptors (Lipinski definition) is 5. The molecule has 24 heavy (non-hydrogen) atoms. The average Bonchev–Trinajstić information content (AvgIpc) is 3.04. The van der Waals surface area contributed by atoms with Crippen molar-refractivity contribution in [2.45, 2.75) is 11.4 Å². The number of nitrogens with one attached hydrogen (secondary N) is 1. The van der Waals surface area contributed by atoms with Crippen molar-refractivity contribution in [3.63, 3.8) is 0 Å². The lowest BCUT2D eigenvalue weighted by Gasteiger charge is -2.09. The van der Waals surface area contributed by atoms with Crippen molar-refractivity contribution in [3.05, 3.63) is 60.9 Å². The smallest absolute Gasteiger partial charge is 0.243 e. The Bertz CT molecular complexity index is 928. The summed E-state index contributed by atoms with van der Waals surface area (Å²) >= 11 is 0. The molecule has 124 valence electrons. The highest BCUT2D eigenvalue weighted by Gasteiger charge is 2.18. The van der Waals surface area contributed by atoms with E-state index in [9.17, 15) is 12.8 Å². The minimum Gasteiger partial charge on any atom is -0.327 e. The van der Waals surface area contributed by atoms with Crippen LogP contribution in [0.15, 0.2) is 60.0 Å². The predicted octanol–water partition coefficient (Wildman–Crippen LogP) is 1.46. The van der Waals surface area contributed by atoms with Gasteiger partial charge in [-0.2, -0.15) is 0 Å². The van der Waals surface area contributed by atoms with E-state index < -0.39 is 15.8 Å². The summed E-state index contributed by atoms with van der Waals surface area (Å²) in [5.41, 5.74) is 0. The van der Waals surface area contributed by atoms with Crippen LogP contribution in [0.4, 0.5) is 4.39 Å². The molecule has 0 saturated carbocycles. The Hall–Kier alpha value is -2.65. The molecule has 0 spiro atoms. The summed E-state index contributed by atoms with van der Waals surface area (Å²) in [5, 5.41) is 0. The fourth-order valence-corrected chi connectivity index (χ4v) is 3.25. The Kier molecular flexibility index (Phi) is 4.63. The maximum Gasteiger partial charge on any atom is 0.243 e. The number of aromatic nitrogens is 4. The van der Waals surface area contributed by atoms with Gasteiger partial charge in [0, 0.05) is 37.9 Å². The van der Waals surface area contributed by atoms with Gasteiger partial charge in [-0.1, -0.05) is 12.1 Å². The van der Waals surface area contributed by atoms with E-state index in [2.05, 4.69) is 19.7 Å². The third-order valence-corrected chi connectivity index (χ3v) is 4.75. The maximum absolute atomic E-state index is 13.6. The summed E-state index contributed by atoms with van der Waals surface area (Å²) < 4.78 is 42.0. The molecule has 0 aliphatic heterocycles. The lowest BCUT2D eigenvalue weighted by atomic mass is 10.4. The minimum absolute atomic E-state index is 0.0763. The van der Waals surface area contributed by atoms with Crippen LogP contribution in [-0.2, 0) is 16.6 Å². The van der Waals surface area contributed by atoms with Gasteiger partial charge >= 0.3 is 0 Å². The van der Waals surface area contributed by atoms with Crippen LogP contribution >= 0.6 is 0 Å². The van der Waals surface area contributed by atoms with Crippen molar-refractivity contribution in [1.29, 1.82) is 0 Å².